The van der Waals surface area contributed by atoms with Crippen LogP contribution in [0.15, 0.2) is 43.1 Å². The van der Waals surface area contributed by atoms with Gasteiger partial charge >= 0.3 is 0 Å². The van der Waals surface area contributed by atoms with E-state index in [2.05, 4.69) is 33.4 Å². The molecule has 2 fully saturated rings. The number of piperidine rings is 1. The van der Waals surface area contributed by atoms with E-state index in [4.69, 9.17) is 9.97 Å². The molecule has 1 saturated carbocycles. The van der Waals surface area contributed by atoms with Crippen molar-refractivity contribution < 1.29 is 9.59 Å². The van der Waals surface area contributed by atoms with E-state index in [9.17, 15) is 14.9 Å². The summed E-state index contributed by atoms with van der Waals surface area (Å²) in [5.74, 6) is 1.26. The number of carbonyl (C=O) groups is 2. The van der Waals surface area contributed by atoms with Crippen LogP contribution in [0.25, 0.3) is 28.0 Å². The van der Waals surface area contributed by atoms with Gasteiger partial charge in [0.15, 0.2) is 0 Å². The number of amides is 1. The maximum atomic E-state index is 12.4. The second kappa shape index (κ2) is 11.6. The first-order chi connectivity index (χ1) is 20.8. The van der Waals surface area contributed by atoms with E-state index in [1.807, 2.05) is 43.1 Å². The monoisotopic (exact) mass is 579 g/mol. The van der Waals surface area contributed by atoms with Crippen LogP contribution in [0.5, 0.6) is 0 Å². The number of fused-ring (bicyclic) bond motifs is 1. The van der Waals surface area contributed by atoms with Gasteiger partial charge in [-0.3, -0.25) is 14.3 Å². The van der Waals surface area contributed by atoms with Crippen LogP contribution in [-0.4, -0.2) is 59.7 Å². The smallest absolute Gasteiger partial charge is 0.222 e. The second-order valence-corrected chi connectivity index (χ2v) is 12.1. The van der Waals surface area contributed by atoms with E-state index in [-0.39, 0.29) is 23.4 Å². The highest BCUT2D eigenvalue weighted by atomic mass is 16.2. The molecule has 5 heterocycles. The first kappa shape index (κ1) is 28.5. The third kappa shape index (κ3) is 5.61. The Morgan fingerprint density at radius 2 is 1.86 bits per heavy atom. The minimum absolute atomic E-state index is 0.0356. The largest absolute Gasteiger partial charge is 0.356 e. The lowest BCUT2D eigenvalue weighted by Gasteiger charge is -2.42. The van der Waals surface area contributed by atoms with Gasteiger partial charge in [-0.1, -0.05) is 20.8 Å². The van der Waals surface area contributed by atoms with E-state index >= 15 is 0 Å². The zero-order valence-electron chi connectivity index (χ0n) is 25.0. The Morgan fingerprint density at radius 3 is 2.51 bits per heavy atom. The minimum atomic E-state index is -0.175. The molecule has 0 bridgehead atoms. The number of rotatable bonds is 7. The summed E-state index contributed by atoms with van der Waals surface area (Å²) in [6.07, 6.45) is 14.3. The lowest BCUT2D eigenvalue weighted by Crippen LogP contribution is -2.56. The molecule has 0 radical (unpaired) electrons. The molecular weight excluding hydrogens is 542 g/mol. The first-order valence-electron chi connectivity index (χ1n) is 15.2. The molecule has 4 aromatic heterocycles. The Balaban J connectivity index is 1.26. The van der Waals surface area contributed by atoms with Crippen molar-refractivity contribution in [1.29, 1.82) is 5.26 Å². The van der Waals surface area contributed by atoms with Gasteiger partial charge in [0.05, 0.1) is 36.0 Å². The van der Waals surface area contributed by atoms with Gasteiger partial charge in [0, 0.05) is 60.9 Å². The van der Waals surface area contributed by atoms with Gasteiger partial charge in [0.25, 0.3) is 0 Å². The zero-order valence-corrected chi connectivity index (χ0v) is 25.0. The predicted molar refractivity (Wildman–Crippen MR) is 162 cm³/mol. The standard InChI is InChI=1S/C32H37N9O2/c1-4-32(38-31(43)21(2)3)11-13-39(14-12-32)28-10-5-22(16-34-28)29-30-23(15-33)17-36-41(30)20-27(37-29)24-18-35-40(19-24)25-6-8-26(42)9-7-25/h5,10,16-21,25H,4,6-9,11-14H2,1-3H3,(H,38,43). The summed E-state index contributed by atoms with van der Waals surface area (Å²) in [5.41, 5.74) is 3.84. The molecule has 0 atom stereocenters. The van der Waals surface area contributed by atoms with E-state index in [0.717, 1.165) is 62.1 Å². The Kier molecular flexibility index (Phi) is 7.69. The van der Waals surface area contributed by atoms with Crippen molar-refractivity contribution in [3.63, 3.8) is 0 Å². The summed E-state index contributed by atoms with van der Waals surface area (Å²) in [6.45, 7) is 7.60. The highest BCUT2D eigenvalue weighted by Gasteiger charge is 2.35. The molecule has 43 heavy (non-hydrogen) atoms. The fraction of sp³-hybridized carbons (Fsp3) is 0.469. The molecule has 11 heteroatoms. The molecule has 11 nitrogen and oxygen atoms in total. The lowest BCUT2D eigenvalue weighted by molar-refractivity contribution is -0.126. The number of nitrogens with one attached hydrogen (secondary N) is 1. The summed E-state index contributed by atoms with van der Waals surface area (Å²) in [4.78, 5) is 36.2. The molecule has 0 aromatic carbocycles. The van der Waals surface area contributed by atoms with E-state index in [1.54, 1.807) is 23.1 Å². The number of hydrogen-bond acceptors (Lipinski definition) is 8. The van der Waals surface area contributed by atoms with Crippen molar-refractivity contribution in [2.45, 2.75) is 77.3 Å². The number of aromatic nitrogens is 6. The van der Waals surface area contributed by atoms with E-state index in [1.165, 1.54) is 0 Å². The number of carbonyl (C=O) groups excluding carboxylic acids is 2. The molecule has 4 aromatic rings. The van der Waals surface area contributed by atoms with Gasteiger partial charge in [-0.05, 0) is 44.2 Å². The van der Waals surface area contributed by atoms with Gasteiger partial charge in [-0.15, -0.1) is 0 Å². The van der Waals surface area contributed by atoms with Crippen LogP contribution in [-0.2, 0) is 9.59 Å². The Bertz CT molecular complexity index is 1680. The van der Waals surface area contributed by atoms with Crippen molar-refractivity contribution >= 4 is 23.0 Å². The van der Waals surface area contributed by atoms with Crippen molar-refractivity contribution in [1.82, 2.24) is 34.7 Å². The normalized spacial score (nSPS) is 17.4. The topological polar surface area (TPSA) is 134 Å². The van der Waals surface area contributed by atoms with Crippen LogP contribution < -0.4 is 10.2 Å². The molecule has 0 spiro atoms. The number of Topliss-reactive ketones (excluding diaryl/α,β-unsaturated/α-hetero) is 1. The van der Waals surface area contributed by atoms with Crippen molar-refractivity contribution in [3.05, 3.63) is 48.7 Å². The van der Waals surface area contributed by atoms with Crippen LogP contribution in [0.3, 0.4) is 0 Å². The number of anilines is 1. The van der Waals surface area contributed by atoms with Gasteiger partial charge in [-0.25, -0.2) is 14.5 Å². The molecule has 1 saturated heterocycles. The van der Waals surface area contributed by atoms with Crippen molar-refractivity contribution in [2.75, 3.05) is 18.0 Å². The van der Waals surface area contributed by atoms with Gasteiger partial charge in [-0.2, -0.15) is 15.5 Å². The average Bonchev–Trinajstić information content (AvgIpc) is 3.69. The highest BCUT2D eigenvalue weighted by Crippen LogP contribution is 2.33. The molecule has 0 unspecified atom stereocenters. The molecular formula is C32H37N9O2. The zero-order chi connectivity index (χ0) is 30.1. The molecule has 1 amide bonds. The van der Waals surface area contributed by atoms with Crippen LogP contribution in [0, 0.1) is 17.2 Å². The summed E-state index contributed by atoms with van der Waals surface area (Å²) in [7, 11) is 0. The molecule has 6 rings (SSSR count). The predicted octanol–water partition coefficient (Wildman–Crippen LogP) is 4.73. The average molecular weight is 580 g/mol. The molecule has 222 valence electrons. The summed E-state index contributed by atoms with van der Waals surface area (Å²) >= 11 is 0. The van der Waals surface area contributed by atoms with Crippen molar-refractivity contribution in [3.8, 4) is 28.6 Å². The molecule has 1 N–H and O–H groups in total. The minimum Gasteiger partial charge on any atom is -0.356 e. The maximum absolute atomic E-state index is 12.4. The van der Waals surface area contributed by atoms with Gasteiger partial charge in [0.2, 0.25) is 5.91 Å². The Morgan fingerprint density at radius 1 is 1.09 bits per heavy atom. The number of ketones is 1. The van der Waals surface area contributed by atoms with E-state index in [0.29, 0.717) is 41.1 Å². The third-order valence-electron chi connectivity index (χ3n) is 9.06. The van der Waals surface area contributed by atoms with E-state index < -0.39 is 0 Å². The number of nitrogens with zero attached hydrogens (tertiary/aromatic N) is 8. The van der Waals surface area contributed by atoms with Crippen LogP contribution in [0.4, 0.5) is 5.82 Å². The Hall–Kier alpha value is -4.59. The number of nitriles is 1. The second-order valence-electron chi connectivity index (χ2n) is 12.1. The first-order valence-corrected chi connectivity index (χ1v) is 15.2. The number of hydrogen-bond donors (Lipinski definition) is 1. The molecule has 2 aliphatic rings. The summed E-state index contributed by atoms with van der Waals surface area (Å²) in [5, 5.41) is 22.1. The lowest BCUT2D eigenvalue weighted by atomic mass is 9.84. The van der Waals surface area contributed by atoms with Gasteiger partial charge < -0.3 is 10.2 Å². The van der Waals surface area contributed by atoms with Crippen molar-refractivity contribution in [2.24, 2.45) is 5.92 Å². The van der Waals surface area contributed by atoms with Gasteiger partial charge in [0.1, 0.15) is 28.8 Å². The SMILES string of the molecule is CCC1(NC(=O)C(C)C)CCN(c2ccc(-c3nc(-c4cnn(C5CCC(=O)CC5)c4)cn4ncc(C#N)c34)cn2)CC1. The fourth-order valence-electron chi connectivity index (χ4n) is 6.15. The summed E-state index contributed by atoms with van der Waals surface area (Å²) in [6, 6.07) is 6.43. The van der Waals surface area contributed by atoms with Crippen LogP contribution in [0.2, 0.25) is 0 Å². The fourth-order valence-corrected chi connectivity index (χ4v) is 6.15. The molecule has 1 aliphatic carbocycles. The molecule has 1 aliphatic heterocycles. The Labute approximate surface area is 250 Å². The van der Waals surface area contributed by atoms with Crippen LogP contribution >= 0.6 is 0 Å². The number of pyridine rings is 1. The third-order valence-corrected chi connectivity index (χ3v) is 9.06. The maximum Gasteiger partial charge on any atom is 0.222 e. The quantitative estimate of drug-likeness (QED) is 0.332. The van der Waals surface area contributed by atoms with Crippen LogP contribution in [0.1, 0.15) is 77.3 Å². The highest BCUT2D eigenvalue weighted by molar-refractivity contribution is 5.83. The summed E-state index contributed by atoms with van der Waals surface area (Å²) < 4.78 is 3.63.